The third-order valence-electron chi connectivity index (χ3n) is 4.36. The maximum Gasteiger partial charge on any atom is 0.407 e. The van der Waals surface area contributed by atoms with Gasteiger partial charge in [-0.15, -0.1) is 0 Å². The van der Waals surface area contributed by atoms with Crippen LogP contribution in [-0.2, 0) is 37.1 Å². The van der Waals surface area contributed by atoms with Crippen LogP contribution in [0.25, 0.3) is 0 Å². The van der Waals surface area contributed by atoms with Crippen molar-refractivity contribution < 1.29 is 38.9 Å². The number of ether oxygens (including phenoxy) is 2. The molecule has 0 aromatic heterocycles. The fourth-order valence-corrected chi connectivity index (χ4v) is 2.68. The van der Waals surface area contributed by atoms with Crippen LogP contribution in [0.5, 0.6) is 0 Å². The lowest BCUT2D eigenvalue weighted by Gasteiger charge is -2.16. The zero-order chi connectivity index (χ0) is 24.1. The van der Waals surface area contributed by atoms with Crippen molar-refractivity contribution in [2.24, 2.45) is 0 Å². The summed E-state index contributed by atoms with van der Waals surface area (Å²) in [5, 5.41) is 23.7. The van der Waals surface area contributed by atoms with Gasteiger partial charge in [0.1, 0.15) is 19.3 Å². The Morgan fingerprint density at radius 1 is 0.818 bits per heavy atom. The number of carbonyl (C=O) groups is 4. The van der Waals surface area contributed by atoms with E-state index < -0.39 is 48.9 Å². The lowest BCUT2D eigenvalue weighted by atomic mass is 10.1. The van der Waals surface area contributed by atoms with Gasteiger partial charge >= 0.3 is 18.0 Å². The van der Waals surface area contributed by atoms with Gasteiger partial charge in [0.05, 0.1) is 18.9 Å². The molecule has 176 valence electrons. The Bertz CT molecular complexity index is 921. The van der Waals surface area contributed by atoms with Crippen LogP contribution in [0.4, 0.5) is 4.79 Å². The van der Waals surface area contributed by atoms with E-state index in [0.717, 1.165) is 11.1 Å². The van der Waals surface area contributed by atoms with Crippen LogP contribution >= 0.6 is 0 Å². The zero-order valence-corrected chi connectivity index (χ0v) is 17.8. The Hall–Kier alpha value is -3.92. The fourth-order valence-electron chi connectivity index (χ4n) is 2.68. The van der Waals surface area contributed by atoms with E-state index in [4.69, 9.17) is 9.47 Å². The van der Waals surface area contributed by atoms with Crippen molar-refractivity contribution in [3.8, 4) is 0 Å². The van der Waals surface area contributed by atoms with Crippen LogP contribution in [0, 0.1) is 0 Å². The van der Waals surface area contributed by atoms with Gasteiger partial charge in [0.15, 0.2) is 0 Å². The fraction of sp³-hybridized carbons (Fsp3) is 0.304. The summed E-state index contributed by atoms with van der Waals surface area (Å²) in [6.07, 6.45) is -3.12. The average Bonchev–Trinajstić information content (AvgIpc) is 2.81. The van der Waals surface area contributed by atoms with Crippen molar-refractivity contribution in [1.82, 2.24) is 10.6 Å². The molecule has 0 radical (unpaired) electrons. The zero-order valence-electron chi connectivity index (χ0n) is 17.8. The van der Waals surface area contributed by atoms with Crippen molar-refractivity contribution in [3.05, 3.63) is 71.8 Å². The number of aliphatic hydroxyl groups is 1. The highest BCUT2D eigenvalue weighted by atomic mass is 16.5. The molecule has 0 aliphatic heterocycles. The van der Waals surface area contributed by atoms with Crippen molar-refractivity contribution >= 4 is 23.9 Å². The topological polar surface area (TPSA) is 151 Å². The first-order valence-electron chi connectivity index (χ1n) is 10.2. The second kappa shape index (κ2) is 13.5. The second-order valence-electron chi connectivity index (χ2n) is 7.11. The van der Waals surface area contributed by atoms with E-state index in [1.807, 2.05) is 6.07 Å². The molecule has 0 aliphatic rings. The number of alkyl carbamates (subject to hydrolysis) is 1. The lowest BCUT2D eigenvalue weighted by Crippen LogP contribution is -2.44. The summed E-state index contributed by atoms with van der Waals surface area (Å²) in [7, 11) is 0. The number of benzene rings is 2. The number of hydrogen-bond acceptors (Lipinski definition) is 7. The van der Waals surface area contributed by atoms with Crippen LogP contribution in [0.2, 0.25) is 0 Å². The van der Waals surface area contributed by atoms with E-state index in [0.29, 0.717) is 0 Å². The van der Waals surface area contributed by atoms with Crippen molar-refractivity contribution in [3.63, 3.8) is 0 Å². The number of carboxylic acids is 1. The highest BCUT2D eigenvalue weighted by Crippen LogP contribution is 2.04. The standard InChI is InChI=1S/C23H26N2O8/c26-18(13-24-23(31)33-15-17-9-5-2-6-10-17)11-20(27)25-19(22(29)30)12-21(28)32-14-16-7-3-1-4-8-16/h1-10,18-19,26H,11-15H2,(H,24,31)(H,25,27)(H,29,30)/t18-,19-/m1/s1. The number of aliphatic hydroxyl groups excluding tert-OH is 1. The Morgan fingerprint density at radius 3 is 1.91 bits per heavy atom. The highest BCUT2D eigenvalue weighted by Gasteiger charge is 2.25. The Kier molecular flexibility index (Phi) is 10.4. The van der Waals surface area contributed by atoms with Gasteiger partial charge in [-0.25, -0.2) is 9.59 Å². The Labute approximate surface area is 190 Å². The molecule has 2 atom stereocenters. The van der Waals surface area contributed by atoms with E-state index in [-0.39, 0.29) is 19.8 Å². The third-order valence-corrected chi connectivity index (χ3v) is 4.36. The van der Waals surface area contributed by atoms with Gasteiger partial charge < -0.3 is 30.3 Å². The molecule has 0 aliphatic carbocycles. The van der Waals surface area contributed by atoms with Crippen LogP contribution in [0.3, 0.4) is 0 Å². The number of carbonyl (C=O) groups excluding carboxylic acids is 3. The van der Waals surface area contributed by atoms with E-state index >= 15 is 0 Å². The van der Waals surface area contributed by atoms with Gasteiger partial charge in [0, 0.05) is 6.54 Å². The number of esters is 1. The van der Waals surface area contributed by atoms with Crippen LogP contribution in [0.1, 0.15) is 24.0 Å². The summed E-state index contributed by atoms with van der Waals surface area (Å²) >= 11 is 0. The molecule has 0 bridgehead atoms. The summed E-state index contributed by atoms with van der Waals surface area (Å²) in [5.74, 6) is -3.02. The lowest BCUT2D eigenvalue weighted by molar-refractivity contribution is -0.151. The number of hydrogen-bond donors (Lipinski definition) is 4. The van der Waals surface area contributed by atoms with Gasteiger partial charge in [-0.1, -0.05) is 60.7 Å². The minimum absolute atomic E-state index is 0.0231. The van der Waals surface area contributed by atoms with E-state index in [9.17, 15) is 29.4 Å². The predicted octanol–water partition coefficient (Wildman–Crippen LogP) is 1.37. The maximum atomic E-state index is 12.1. The second-order valence-corrected chi connectivity index (χ2v) is 7.11. The van der Waals surface area contributed by atoms with Gasteiger partial charge in [-0.05, 0) is 11.1 Å². The number of rotatable bonds is 12. The third kappa shape index (κ3) is 10.3. The largest absolute Gasteiger partial charge is 0.480 e. The summed E-state index contributed by atoms with van der Waals surface area (Å²) in [6, 6.07) is 16.3. The van der Waals surface area contributed by atoms with E-state index in [2.05, 4.69) is 10.6 Å². The normalized spacial score (nSPS) is 12.2. The van der Waals surface area contributed by atoms with E-state index in [1.54, 1.807) is 54.6 Å². The predicted molar refractivity (Wildman–Crippen MR) is 116 cm³/mol. The van der Waals surface area contributed by atoms with Gasteiger partial charge in [0.25, 0.3) is 0 Å². The van der Waals surface area contributed by atoms with E-state index in [1.165, 1.54) is 0 Å². The molecule has 0 saturated heterocycles. The van der Waals surface area contributed by atoms with Crippen molar-refractivity contribution in [2.45, 2.75) is 38.2 Å². The molecule has 33 heavy (non-hydrogen) atoms. The number of carboxylic acid groups (broad SMARTS) is 1. The molecule has 0 unspecified atom stereocenters. The maximum absolute atomic E-state index is 12.1. The first kappa shape index (κ1) is 25.3. The number of nitrogens with one attached hydrogen (secondary N) is 2. The quantitative estimate of drug-likeness (QED) is 0.348. The summed E-state index contributed by atoms with van der Waals surface area (Å²) < 4.78 is 10.0. The summed E-state index contributed by atoms with van der Waals surface area (Å²) in [5.41, 5.74) is 1.52. The van der Waals surface area contributed by atoms with Gasteiger partial charge in [-0.2, -0.15) is 0 Å². The highest BCUT2D eigenvalue weighted by molar-refractivity contribution is 5.87. The summed E-state index contributed by atoms with van der Waals surface area (Å²) in [4.78, 5) is 47.0. The van der Waals surface area contributed by atoms with Crippen molar-refractivity contribution in [1.29, 1.82) is 0 Å². The van der Waals surface area contributed by atoms with Gasteiger partial charge in [0.2, 0.25) is 5.91 Å². The number of amides is 2. The molecule has 2 aromatic rings. The molecule has 2 amide bonds. The summed E-state index contributed by atoms with van der Waals surface area (Å²) in [6.45, 7) is -0.257. The molecular weight excluding hydrogens is 432 g/mol. The van der Waals surface area contributed by atoms with Crippen molar-refractivity contribution in [2.75, 3.05) is 6.54 Å². The molecule has 0 saturated carbocycles. The van der Waals surface area contributed by atoms with Crippen LogP contribution < -0.4 is 10.6 Å². The first-order valence-corrected chi connectivity index (χ1v) is 10.2. The molecule has 0 fully saturated rings. The number of aliphatic carboxylic acids is 1. The molecule has 0 heterocycles. The molecular formula is C23H26N2O8. The molecule has 2 aromatic carbocycles. The molecule has 0 spiro atoms. The average molecular weight is 458 g/mol. The van der Waals surface area contributed by atoms with Crippen LogP contribution in [0.15, 0.2) is 60.7 Å². The molecule has 10 heteroatoms. The Morgan fingerprint density at radius 2 is 1.36 bits per heavy atom. The van der Waals surface area contributed by atoms with Gasteiger partial charge in [-0.3, -0.25) is 9.59 Å². The first-order chi connectivity index (χ1) is 15.8. The molecule has 4 N–H and O–H groups in total. The minimum atomic E-state index is -1.52. The minimum Gasteiger partial charge on any atom is -0.480 e. The molecule has 10 nitrogen and oxygen atoms in total. The molecule has 2 rings (SSSR count). The van der Waals surface area contributed by atoms with Crippen LogP contribution in [-0.4, -0.2) is 52.8 Å². The SMILES string of the molecule is O=C(C[C@@H](O)CNC(=O)OCc1ccccc1)N[C@H](CC(=O)OCc1ccccc1)C(=O)O. The smallest absolute Gasteiger partial charge is 0.407 e. The Balaban J connectivity index is 1.69. The monoisotopic (exact) mass is 458 g/mol.